The second-order valence-electron chi connectivity index (χ2n) is 5.82. The van der Waals surface area contributed by atoms with Crippen molar-refractivity contribution in [3.05, 3.63) is 11.8 Å². The zero-order chi connectivity index (χ0) is 14.6. The molecule has 1 rings (SSSR count). The van der Waals surface area contributed by atoms with E-state index < -0.39 is 0 Å². The zero-order valence-electron chi connectivity index (χ0n) is 12.2. The fourth-order valence-corrected chi connectivity index (χ4v) is 1.39. The van der Waals surface area contributed by atoms with Crippen LogP contribution in [0.15, 0.2) is 10.6 Å². The minimum Gasteiger partial charge on any atom is -0.395 e. The Labute approximate surface area is 113 Å². The Morgan fingerprint density at radius 1 is 1.58 bits per heavy atom. The molecule has 0 saturated heterocycles. The van der Waals surface area contributed by atoms with E-state index in [-0.39, 0.29) is 30.5 Å². The van der Waals surface area contributed by atoms with Crippen LogP contribution < -0.4 is 5.32 Å². The maximum absolute atomic E-state index is 11.8. The highest BCUT2D eigenvalue weighted by Gasteiger charge is 2.20. The van der Waals surface area contributed by atoms with Gasteiger partial charge in [-0.3, -0.25) is 15.0 Å². The first-order valence-corrected chi connectivity index (χ1v) is 6.32. The molecule has 0 bridgehead atoms. The summed E-state index contributed by atoms with van der Waals surface area (Å²) in [4.78, 5) is 13.5. The molecule has 0 radical (unpaired) electrons. The van der Waals surface area contributed by atoms with E-state index in [0.717, 1.165) is 5.69 Å². The molecule has 1 aromatic heterocycles. The largest absolute Gasteiger partial charge is 0.395 e. The molecule has 0 spiro atoms. The van der Waals surface area contributed by atoms with Gasteiger partial charge in [0.25, 0.3) is 0 Å². The molecule has 0 aliphatic carbocycles. The predicted octanol–water partition coefficient (Wildman–Crippen LogP) is 1.22. The number of aliphatic hydroxyl groups is 1. The van der Waals surface area contributed by atoms with Gasteiger partial charge in [-0.1, -0.05) is 25.9 Å². The predicted molar refractivity (Wildman–Crippen MR) is 73.0 cm³/mol. The minimum absolute atomic E-state index is 0.0141. The van der Waals surface area contributed by atoms with Crippen LogP contribution in [0.3, 0.4) is 0 Å². The SMILES string of the molecule is CC(CO)N(C)CC(=O)Nc1cc(C(C)(C)C)no1. The Bertz CT molecular complexity index is 423. The van der Waals surface area contributed by atoms with Crippen molar-refractivity contribution in [3.63, 3.8) is 0 Å². The lowest BCUT2D eigenvalue weighted by molar-refractivity contribution is -0.117. The van der Waals surface area contributed by atoms with Crippen molar-refractivity contribution >= 4 is 11.8 Å². The summed E-state index contributed by atoms with van der Waals surface area (Å²) >= 11 is 0. The van der Waals surface area contributed by atoms with Gasteiger partial charge in [-0.15, -0.1) is 0 Å². The lowest BCUT2D eigenvalue weighted by atomic mass is 9.92. The van der Waals surface area contributed by atoms with Crippen LogP contribution in [0.25, 0.3) is 0 Å². The molecule has 0 saturated carbocycles. The summed E-state index contributed by atoms with van der Waals surface area (Å²) in [5, 5.41) is 15.6. The van der Waals surface area contributed by atoms with Crippen LogP contribution in [0.5, 0.6) is 0 Å². The smallest absolute Gasteiger partial charge is 0.240 e. The molecule has 0 fully saturated rings. The average molecular weight is 269 g/mol. The minimum atomic E-state index is -0.195. The molecular formula is C13H23N3O3. The van der Waals surface area contributed by atoms with Crippen molar-refractivity contribution in [3.8, 4) is 0 Å². The van der Waals surface area contributed by atoms with Gasteiger partial charge in [0.2, 0.25) is 11.8 Å². The van der Waals surface area contributed by atoms with Crippen molar-refractivity contribution in [2.45, 2.75) is 39.2 Å². The van der Waals surface area contributed by atoms with Gasteiger partial charge >= 0.3 is 0 Å². The Kier molecular flexibility index (Phi) is 5.08. The van der Waals surface area contributed by atoms with E-state index in [1.165, 1.54) is 0 Å². The molecule has 1 atom stereocenters. The maximum atomic E-state index is 11.8. The monoisotopic (exact) mass is 269 g/mol. The number of amides is 1. The number of hydrogen-bond donors (Lipinski definition) is 2. The van der Waals surface area contributed by atoms with Crippen LogP contribution in [0.4, 0.5) is 5.88 Å². The summed E-state index contributed by atoms with van der Waals surface area (Å²) in [7, 11) is 1.78. The van der Waals surface area contributed by atoms with Crippen molar-refractivity contribution in [2.75, 3.05) is 25.5 Å². The second-order valence-corrected chi connectivity index (χ2v) is 5.82. The Morgan fingerprint density at radius 3 is 2.68 bits per heavy atom. The molecule has 6 nitrogen and oxygen atoms in total. The first-order valence-electron chi connectivity index (χ1n) is 6.32. The van der Waals surface area contributed by atoms with E-state index in [1.807, 2.05) is 27.7 Å². The van der Waals surface area contributed by atoms with E-state index in [9.17, 15) is 4.79 Å². The van der Waals surface area contributed by atoms with E-state index in [0.29, 0.717) is 5.88 Å². The van der Waals surface area contributed by atoms with Crippen LogP contribution in [0.1, 0.15) is 33.4 Å². The number of aliphatic hydroxyl groups excluding tert-OH is 1. The molecule has 2 N–H and O–H groups in total. The number of carbonyl (C=O) groups excluding carboxylic acids is 1. The molecule has 1 unspecified atom stereocenters. The summed E-state index contributed by atoms with van der Waals surface area (Å²) < 4.78 is 5.08. The first-order chi connectivity index (χ1) is 8.74. The van der Waals surface area contributed by atoms with Crippen LogP contribution in [0.2, 0.25) is 0 Å². The number of anilines is 1. The zero-order valence-corrected chi connectivity index (χ0v) is 12.2. The average Bonchev–Trinajstić information content (AvgIpc) is 2.75. The summed E-state index contributed by atoms with van der Waals surface area (Å²) in [6.45, 7) is 8.11. The molecule has 0 aromatic carbocycles. The molecule has 1 heterocycles. The van der Waals surface area contributed by atoms with Crippen molar-refractivity contribution in [2.24, 2.45) is 0 Å². The number of likely N-dealkylation sites (N-methyl/N-ethyl adjacent to an activating group) is 1. The molecule has 0 aliphatic heterocycles. The van der Waals surface area contributed by atoms with E-state index in [2.05, 4.69) is 10.5 Å². The van der Waals surface area contributed by atoms with Gasteiger partial charge in [0.15, 0.2) is 0 Å². The fraction of sp³-hybridized carbons (Fsp3) is 0.692. The van der Waals surface area contributed by atoms with Crippen LogP contribution >= 0.6 is 0 Å². The number of aromatic nitrogens is 1. The quantitative estimate of drug-likeness (QED) is 0.840. The molecule has 108 valence electrons. The molecule has 1 aromatic rings. The van der Waals surface area contributed by atoms with E-state index in [1.54, 1.807) is 18.0 Å². The van der Waals surface area contributed by atoms with E-state index in [4.69, 9.17) is 9.63 Å². The van der Waals surface area contributed by atoms with Gasteiger partial charge < -0.3 is 9.63 Å². The molecule has 1 amide bonds. The normalized spacial score (nSPS) is 13.6. The summed E-state index contributed by atoms with van der Waals surface area (Å²) in [6.07, 6.45) is 0. The number of rotatable bonds is 5. The summed E-state index contributed by atoms with van der Waals surface area (Å²) in [5.41, 5.74) is 0.675. The fourth-order valence-electron chi connectivity index (χ4n) is 1.39. The maximum Gasteiger partial charge on any atom is 0.240 e. The molecule has 6 heteroatoms. The summed E-state index contributed by atoms with van der Waals surface area (Å²) in [5.74, 6) is 0.152. The highest BCUT2D eigenvalue weighted by molar-refractivity contribution is 5.90. The van der Waals surface area contributed by atoms with Gasteiger partial charge in [0.05, 0.1) is 18.8 Å². The van der Waals surface area contributed by atoms with Gasteiger partial charge in [0.1, 0.15) is 0 Å². The number of nitrogens with one attached hydrogen (secondary N) is 1. The van der Waals surface area contributed by atoms with Gasteiger partial charge in [-0.25, -0.2) is 0 Å². The van der Waals surface area contributed by atoms with E-state index >= 15 is 0 Å². The van der Waals surface area contributed by atoms with Gasteiger partial charge in [-0.2, -0.15) is 0 Å². The van der Waals surface area contributed by atoms with Crippen molar-refractivity contribution in [1.29, 1.82) is 0 Å². The third-order valence-electron chi connectivity index (χ3n) is 2.95. The highest BCUT2D eigenvalue weighted by Crippen LogP contribution is 2.23. The lowest BCUT2D eigenvalue weighted by Crippen LogP contribution is -2.38. The molecule has 19 heavy (non-hydrogen) atoms. The van der Waals surface area contributed by atoms with Crippen LogP contribution in [-0.2, 0) is 10.2 Å². The van der Waals surface area contributed by atoms with Crippen LogP contribution in [-0.4, -0.2) is 47.3 Å². The van der Waals surface area contributed by atoms with Gasteiger partial charge in [0, 0.05) is 17.5 Å². The Hall–Kier alpha value is -1.40. The van der Waals surface area contributed by atoms with Crippen molar-refractivity contribution < 1.29 is 14.4 Å². The van der Waals surface area contributed by atoms with Gasteiger partial charge in [-0.05, 0) is 14.0 Å². The second kappa shape index (κ2) is 6.16. The molecular weight excluding hydrogens is 246 g/mol. The van der Waals surface area contributed by atoms with Crippen LogP contribution in [0, 0.1) is 0 Å². The number of hydrogen-bond acceptors (Lipinski definition) is 5. The van der Waals surface area contributed by atoms with Crippen molar-refractivity contribution in [1.82, 2.24) is 10.1 Å². The molecule has 0 aliphatic rings. The third kappa shape index (κ3) is 4.65. The number of nitrogens with zero attached hydrogens (tertiary/aromatic N) is 2. The first kappa shape index (κ1) is 15.7. The topological polar surface area (TPSA) is 78.6 Å². The standard InChI is InChI=1S/C13H23N3O3/c1-9(8-17)16(5)7-11(18)14-12-6-10(15-19-12)13(2,3)4/h6,9,17H,7-8H2,1-5H3,(H,14,18). The number of carbonyl (C=O) groups is 1. The lowest BCUT2D eigenvalue weighted by Gasteiger charge is -2.21. The Morgan fingerprint density at radius 2 is 2.21 bits per heavy atom. The highest BCUT2D eigenvalue weighted by atomic mass is 16.5. The summed E-state index contributed by atoms with van der Waals surface area (Å²) in [6, 6.07) is 1.67. The third-order valence-corrected chi connectivity index (χ3v) is 2.95. The Balaban J connectivity index is 2.56.